The molecule has 0 unspecified atom stereocenters. The van der Waals surface area contributed by atoms with Gasteiger partial charge in [0.2, 0.25) is 0 Å². The monoisotopic (exact) mass is 286 g/mol. The van der Waals surface area contributed by atoms with Gasteiger partial charge in [0.05, 0.1) is 6.67 Å². The maximum atomic E-state index is 4.61. The van der Waals surface area contributed by atoms with Gasteiger partial charge in [-0.3, -0.25) is 0 Å². The van der Waals surface area contributed by atoms with Gasteiger partial charge in [-0.25, -0.2) is 9.97 Å². The Morgan fingerprint density at radius 3 is 2.80 bits per heavy atom. The van der Waals surface area contributed by atoms with E-state index >= 15 is 0 Å². The molecule has 5 heteroatoms. The molecule has 0 spiro atoms. The average Bonchev–Trinajstić information content (AvgIpc) is 2.47. The van der Waals surface area contributed by atoms with Crippen LogP contribution < -0.4 is 9.80 Å². The highest BCUT2D eigenvalue weighted by Gasteiger charge is 2.23. The molecule has 4 nitrogen and oxygen atoms in total. The SMILES string of the molecule is CSc1ncc2c(n1)N(C)CN(c1ccccc1C)C2. The van der Waals surface area contributed by atoms with Gasteiger partial charge in [0, 0.05) is 31.0 Å². The van der Waals surface area contributed by atoms with Crippen molar-refractivity contribution in [3.8, 4) is 0 Å². The first kappa shape index (κ1) is 13.2. The van der Waals surface area contributed by atoms with Crippen LogP contribution in [-0.4, -0.2) is 29.9 Å². The molecule has 3 rings (SSSR count). The molecule has 2 aromatic rings. The molecule has 0 bridgehead atoms. The molecule has 0 saturated heterocycles. The van der Waals surface area contributed by atoms with Gasteiger partial charge in [0.15, 0.2) is 5.16 Å². The van der Waals surface area contributed by atoms with Crippen molar-refractivity contribution in [1.29, 1.82) is 0 Å². The summed E-state index contributed by atoms with van der Waals surface area (Å²) >= 11 is 1.58. The van der Waals surface area contributed by atoms with E-state index in [-0.39, 0.29) is 0 Å². The van der Waals surface area contributed by atoms with Gasteiger partial charge in [0.1, 0.15) is 5.82 Å². The molecule has 0 atom stereocenters. The summed E-state index contributed by atoms with van der Waals surface area (Å²) in [4.78, 5) is 13.6. The Labute approximate surface area is 123 Å². The van der Waals surface area contributed by atoms with Crippen molar-refractivity contribution in [1.82, 2.24) is 9.97 Å². The van der Waals surface area contributed by atoms with Crippen molar-refractivity contribution in [2.24, 2.45) is 0 Å². The summed E-state index contributed by atoms with van der Waals surface area (Å²) in [6, 6.07) is 8.49. The lowest BCUT2D eigenvalue weighted by Gasteiger charge is -2.37. The molecule has 20 heavy (non-hydrogen) atoms. The molecule has 1 aliphatic heterocycles. The minimum Gasteiger partial charge on any atom is -0.349 e. The molecule has 0 fully saturated rings. The molecular formula is C15H18N4S. The molecule has 0 N–H and O–H groups in total. The van der Waals surface area contributed by atoms with Gasteiger partial charge < -0.3 is 9.80 Å². The lowest BCUT2D eigenvalue weighted by Crippen LogP contribution is -2.41. The fourth-order valence-corrected chi connectivity index (χ4v) is 2.92. The van der Waals surface area contributed by atoms with Crippen LogP contribution in [0.3, 0.4) is 0 Å². The first-order valence-electron chi connectivity index (χ1n) is 6.60. The summed E-state index contributed by atoms with van der Waals surface area (Å²) in [5.74, 6) is 1.05. The molecule has 1 aliphatic rings. The van der Waals surface area contributed by atoms with Crippen LogP contribution in [0.25, 0.3) is 0 Å². The summed E-state index contributed by atoms with van der Waals surface area (Å²) < 4.78 is 0. The molecule has 0 radical (unpaired) electrons. The second-order valence-electron chi connectivity index (χ2n) is 5.03. The van der Waals surface area contributed by atoms with Gasteiger partial charge >= 0.3 is 0 Å². The van der Waals surface area contributed by atoms with Crippen molar-refractivity contribution in [3.63, 3.8) is 0 Å². The van der Waals surface area contributed by atoms with E-state index in [1.54, 1.807) is 11.8 Å². The molecule has 0 amide bonds. The molecule has 104 valence electrons. The molecule has 1 aromatic heterocycles. The minimum absolute atomic E-state index is 0.833. The van der Waals surface area contributed by atoms with Gasteiger partial charge in [-0.2, -0.15) is 0 Å². The summed E-state index contributed by atoms with van der Waals surface area (Å²) in [5, 5.41) is 0.833. The minimum atomic E-state index is 0.833. The van der Waals surface area contributed by atoms with Gasteiger partial charge in [-0.1, -0.05) is 30.0 Å². The van der Waals surface area contributed by atoms with Crippen molar-refractivity contribution < 1.29 is 0 Å². The third-order valence-corrected chi connectivity index (χ3v) is 4.13. The normalized spacial score (nSPS) is 14.3. The molecule has 0 aliphatic carbocycles. The van der Waals surface area contributed by atoms with Gasteiger partial charge in [-0.05, 0) is 24.8 Å². The first-order chi connectivity index (χ1) is 9.69. The zero-order chi connectivity index (χ0) is 14.1. The van der Waals surface area contributed by atoms with E-state index in [4.69, 9.17) is 0 Å². The summed E-state index contributed by atoms with van der Waals surface area (Å²) in [6.07, 6.45) is 3.96. The van der Waals surface area contributed by atoms with Crippen LogP contribution in [0.1, 0.15) is 11.1 Å². The first-order valence-corrected chi connectivity index (χ1v) is 7.83. The third-order valence-electron chi connectivity index (χ3n) is 3.56. The highest BCUT2D eigenvalue weighted by molar-refractivity contribution is 7.98. The number of fused-ring (bicyclic) bond motifs is 1. The average molecular weight is 286 g/mol. The Morgan fingerprint density at radius 2 is 2.05 bits per heavy atom. The molecule has 1 aromatic carbocycles. The number of para-hydroxylation sites is 1. The van der Waals surface area contributed by atoms with Crippen molar-refractivity contribution in [2.75, 3.05) is 29.8 Å². The Morgan fingerprint density at radius 1 is 1.25 bits per heavy atom. The maximum absolute atomic E-state index is 4.61. The summed E-state index contributed by atoms with van der Waals surface area (Å²) in [7, 11) is 2.08. The quantitative estimate of drug-likeness (QED) is 0.626. The Hall–Kier alpha value is -1.75. The van der Waals surface area contributed by atoms with Crippen LogP contribution in [0.2, 0.25) is 0 Å². The lowest BCUT2D eigenvalue weighted by atomic mass is 10.1. The standard InChI is InChI=1S/C15H18N4S/c1-11-6-4-5-7-13(11)19-9-12-8-16-15(20-3)17-14(12)18(2)10-19/h4-8H,9-10H2,1-3H3. The maximum Gasteiger partial charge on any atom is 0.189 e. The summed E-state index contributed by atoms with van der Waals surface area (Å²) in [5.41, 5.74) is 3.75. The van der Waals surface area contributed by atoms with E-state index < -0.39 is 0 Å². The Balaban J connectivity index is 1.95. The zero-order valence-corrected chi connectivity index (χ0v) is 12.8. The number of rotatable bonds is 2. The topological polar surface area (TPSA) is 32.3 Å². The molecular weight excluding hydrogens is 268 g/mol. The highest BCUT2D eigenvalue weighted by Crippen LogP contribution is 2.30. The number of aryl methyl sites for hydroxylation is 1. The largest absolute Gasteiger partial charge is 0.349 e. The van der Waals surface area contributed by atoms with Crippen LogP contribution in [0, 0.1) is 6.92 Å². The van der Waals surface area contributed by atoms with Crippen LogP contribution >= 0.6 is 11.8 Å². The summed E-state index contributed by atoms with van der Waals surface area (Å²) in [6.45, 7) is 3.86. The molecule has 0 saturated carbocycles. The number of hydrogen-bond donors (Lipinski definition) is 0. The van der Waals surface area contributed by atoms with Crippen LogP contribution in [-0.2, 0) is 6.54 Å². The van der Waals surface area contributed by atoms with Crippen molar-refractivity contribution in [3.05, 3.63) is 41.6 Å². The fraction of sp³-hybridized carbons (Fsp3) is 0.333. The molecule has 2 heterocycles. The van der Waals surface area contributed by atoms with E-state index in [9.17, 15) is 0 Å². The van der Waals surface area contributed by atoms with Gasteiger partial charge in [0.25, 0.3) is 0 Å². The van der Waals surface area contributed by atoms with E-state index in [0.29, 0.717) is 0 Å². The number of aromatic nitrogens is 2. The number of thioether (sulfide) groups is 1. The second kappa shape index (κ2) is 5.32. The Kier molecular flexibility index (Phi) is 3.53. The van der Waals surface area contributed by atoms with E-state index in [0.717, 1.165) is 24.2 Å². The predicted octanol–water partition coefficient (Wildman–Crippen LogP) is 2.92. The van der Waals surface area contributed by atoms with E-state index in [2.05, 4.69) is 58.0 Å². The zero-order valence-electron chi connectivity index (χ0n) is 12.0. The van der Waals surface area contributed by atoms with Crippen LogP contribution in [0.4, 0.5) is 11.5 Å². The van der Waals surface area contributed by atoms with Crippen LogP contribution in [0.15, 0.2) is 35.6 Å². The van der Waals surface area contributed by atoms with E-state index in [1.165, 1.54) is 16.8 Å². The fourth-order valence-electron chi connectivity index (χ4n) is 2.58. The van der Waals surface area contributed by atoms with Gasteiger partial charge in [-0.15, -0.1) is 0 Å². The van der Waals surface area contributed by atoms with Crippen molar-refractivity contribution >= 4 is 23.3 Å². The lowest BCUT2D eigenvalue weighted by molar-refractivity contribution is 0.700. The van der Waals surface area contributed by atoms with E-state index in [1.807, 2.05) is 12.5 Å². The number of hydrogen-bond acceptors (Lipinski definition) is 5. The number of benzene rings is 1. The Bertz CT molecular complexity index is 629. The number of nitrogens with zero attached hydrogens (tertiary/aromatic N) is 4. The highest BCUT2D eigenvalue weighted by atomic mass is 32.2. The third kappa shape index (κ3) is 2.33. The van der Waals surface area contributed by atoms with Crippen molar-refractivity contribution in [2.45, 2.75) is 18.6 Å². The number of anilines is 2. The van der Waals surface area contributed by atoms with Crippen LogP contribution in [0.5, 0.6) is 0 Å². The smallest absolute Gasteiger partial charge is 0.189 e. The second-order valence-corrected chi connectivity index (χ2v) is 5.80. The predicted molar refractivity (Wildman–Crippen MR) is 84.4 cm³/mol.